The van der Waals surface area contributed by atoms with Crippen molar-refractivity contribution in [1.82, 2.24) is 0 Å². The van der Waals surface area contributed by atoms with Crippen molar-refractivity contribution in [3.63, 3.8) is 0 Å². The lowest BCUT2D eigenvalue weighted by Gasteiger charge is -2.10. The molecular formula is C15H15ClFNO. The van der Waals surface area contributed by atoms with Crippen molar-refractivity contribution < 1.29 is 9.13 Å². The zero-order chi connectivity index (χ0) is 13.8. The van der Waals surface area contributed by atoms with E-state index in [1.807, 2.05) is 12.1 Å². The van der Waals surface area contributed by atoms with Crippen molar-refractivity contribution in [2.75, 3.05) is 0 Å². The molecule has 0 aromatic heterocycles. The zero-order valence-electron chi connectivity index (χ0n) is 10.6. The Labute approximate surface area is 117 Å². The van der Waals surface area contributed by atoms with E-state index >= 15 is 0 Å². The predicted molar refractivity (Wildman–Crippen MR) is 74.8 cm³/mol. The van der Waals surface area contributed by atoms with Crippen LogP contribution in [0, 0.1) is 5.82 Å². The number of hydrogen-bond acceptors (Lipinski definition) is 2. The fraction of sp³-hybridized carbons (Fsp3) is 0.200. The molecule has 2 aromatic carbocycles. The molecule has 0 fully saturated rings. The van der Waals surface area contributed by atoms with Crippen molar-refractivity contribution in [3.8, 4) is 5.75 Å². The van der Waals surface area contributed by atoms with Gasteiger partial charge in [0.25, 0.3) is 0 Å². The third-order valence-electron chi connectivity index (χ3n) is 2.78. The van der Waals surface area contributed by atoms with Crippen LogP contribution >= 0.6 is 11.6 Å². The molecule has 2 aromatic rings. The Balaban J connectivity index is 2.04. The monoisotopic (exact) mass is 279 g/mol. The SMILES string of the molecule is C[C@@H](N)c1ccc(OCc2ccc(Cl)cc2)cc1F. The van der Waals surface area contributed by atoms with Crippen molar-refractivity contribution >= 4 is 11.6 Å². The van der Waals surface area contributed by atoms with E-state index in [1.165, 1.54) is 6.07 Å². The molecule has 0 aliphatic rings. The minimum absolute atomic E-state index is 0.328. The van der Waals surface area contributed by atoms with E-state index in [-0.39, 0.29) is 11.9 Å². The normalized spacial score (nSPS) is 12.2. The van der Waals surface area contributed by atoms with Gasteiger partial charge in [-0.1, -0.05) is 29.8 Å². The van der Waals surface area contributed by atoms with Gasteiger partial charge in [0.2, 0.25) is 0 Å². The highest BCUT2D eigenvalue weighted by Crippen LogP contribution is 2.21. The molecule has 2 rings (SSSR count). The number of nitrogens with two attached hydrogens (primary N) is 1. The van der Waals surface area contributed by atoms with Gasteiger partial charge in [0, 0.05) is 22.7 Å². The first kappa shape index (κ1) is 13.8. The number of halogens is 2. The van der Waals surface area contributed by atoms with Gasteiger partial charge in [-0.2, -0.15) is 0 Å². The Bertz CT molecular complexity index is 555. The minimum Gasteiger partial charge on any atom is -0.489 e. The summed E-state index contributed by atoms with van der Waals surface area (Å²) in [5.41, 5.74) is 7.11. The second-order valence-electron chi connectivity index (χ2n) is 4.39. The topological polar surface area (TPSA) is 35.2 Å². The Hall–Kier alpha value is -1.58. The van der Waals surface area contributed by atoms with Gasteiger partial charge < -0.3 is 10.5 Å². The van der Waals surface area contributed by atoms with E-state index in [0.717, 1.165) is 5.56 Å². The van der Waals surface area contributed by atoms with E-state index in [1.54, 1.807) is 31.2 Å². The molecule has 0 spiro atoms. The van der Waals surface area contributed by atoms with Crippen LogP contribution in [-0.4, -0.2) is 0 Å². The van der Waals surface area contributed by atoms with Crippen molar-refractivity contribution in [2.45, 2.75) is 19.6 Å². The van der Waals surface area contributed by atoms with Crippen LogP contribution in [0.2, 0.25) is 5.02 Å². The van der Waals surface area contributed by atoms with Crippen LogP contribution in [0.4, 0.5) is 4.39 Å². The van der Waals surface area contributed by atoms with Gasteiger partial charge in [-0.25, -0.2) is 4.39 Å². The minimum atomic E-state index is -0.344. The van der Waals surface area contributed by atoms with Gasteiger partial charge in [0.1, 0.15) is 18.2 Å². The molecule has 19 heavy (non-hydrogen) atoms. The number of ether oxygens (including phenoxy) is 1. The molecule has 2 nitrogen and oxygen atoms in total. The van der Waals surface area contributed by atoms with Crippen LogP contribution in [-0.2, 0) is 6.61 Å². The first-order valence-electron chi connectivity index (χ1n) is 5.98. The summed E-state index contributed by atoms with van der Waals surface area (Å²) in [5.74, 6) is 0.139. The fourth-order valence-electron chi connectivity index (χ4n) is 1.71. The lowest BCUT2D eigenvalue weighted by molar-refractivity contribution is 0.304. The van der Waals surface area contributed by atoms with Gasteiger partial charge >= 0.3 is 0 Å². The van der Waals surface area contributed by atoms with Gasteiger partial charge in [0.15, 0.2) is 0 Å². The van der Waals surface area contributed by atoms with Crippen molar-refractivity contribution in [2.24, 2.45) is 5.73 Å². The molecule has 0 unspecified atom stereocenters. The Morgan fingerprint density at radius 1 is 1.21 bits per heavy atom. The average molecular weight is 280 g/mol. The van der Waals surface area contributed by atoms with Gasteiger partial charge in [-0.15, -0.1) is 0 Å². The predicted octanol–water partition coefficient (Wildman–Crippen LogP) is 4.08. The summed E-state index contributed by atoms with van der Waals surface area (Å²) in [6.07, 6.45) is 0. The molecule has 0 aliphatic heterocycles. The standard InChI is InChI=1S/C15H15ClFNO/c1-10(18)14-7-6-13(8-15(14)17)19-9-11-2-4-12(16)5-3-11/h2-8,10H,9,18H2,1H3/t10-/m1/s1. The van der Waals surface area contributed by atoms with E-state index in [2.05, 4.69) is 0 Å². The molecule has 0 aliphatic carbocycles. The maximum absolute atomic E-state index is 13.7. The third-order valence-corrected chi connectivity index (χ3v) is 3.03. The summed E-state index contributed by atoms with van der Waals surface area (Å²) in [7, 11) is 0. The van der Waals surface area contributed by atoms with Crippen LogP contribution in [0.1, 0.15) is 24.1 Å². The van der Waals surface area contributed by atoms with Gasteiger partial charge in [-0.3, -0.25) is 0 Å². The Morgan fingerprint density at radius 2 is 1.89 bits per heavy atom. The molecule has 1 atom stereocenters. The molecule has 0 bridgehead atoms. The molecule has 0 saturated heterocycles. The van der Waals surface area contributed by atoms with Gasteiger partial charge in [-0.05, 0) is 30.7 Å². The quantitative estimate of drug-likeness (QED) is 0.915. The van der Waals surface area contributed by atoms with Crippen LogP contribution in [0.15, 0.2) is 42.5 Å². The van der Waals surface area contributed by atoms with E-state index in [4.69, 9.17) is 22.1 Å². The smallest absolute Gasteiger partial charge is 0.131 e. The zero-order valence-corrected chi connectivity index (χ0v) is 11.3. The van der Waals surface area contributed by atoms with E-state index in [9.17, 15) is 4.39 Å². The van der Waals surface area contributed by atoms with Crippen LogP contribution < -0.4 is 10.5 Å². The lowest BCUT2D eigenvalue weighted by atomic mass is 10.1. The summed E-state index contributed by atoms with van der Waals surface area (Å²) >= 11 is 5.79. The molecule has 0 heterocycles. The third kappa shape index (κ3) is 3.69. The Morgan fingerprint density at radius 3 is 2.47 bits per heavy atom. The fourth-order valence-corrected chi connectivity index (χ4v) is 1.84. The molecule has 100 valence electrons. The van der Waals surface area contributed by atoms with E-state index < -0.39 is 0 Å². The van der Waals surface area contributed by atoms with Gasteiger partial charge in [0.05, 0.1) is 0 Å². The molecule has 0 radical (unpaired) electrons. The molecule has 0 saturated carbocycles. The molecule has 2 N–H and O–H groups in total. The number of rotatable bonds is 4. The Kier molecular flexibility index (Phi) is 4.40. The van der Waals surface area contributed by atoms with Crippen molar-refractivity contribution in [3.05, 3.63) is 64.4 Å². The summed E-state index contributed by atoms with van der Waals surface area (Å²) in [5, 5.41) is 0.677. The summed E-state index contributed by atoms with van der Waals surface area (Å²) in [6, 6.07) is 11.7. The van der Waals surface area contributed by atoms with Crippen LogP contribution in [0.5, 0.6) is 5.75 Å². The van der Waals surface area contributed by atoms with E-state index in [0.29, 0.717) is 22.9 Å². The first-order chi connectivity index (χ1) is 9.06. The van der Waals surface area contributed by atoms with Crippen LogP contribution in [0.25, 0.3) is 0 Å². The summed E-state index contributed by atoms with van der Waals surface area (Å²) in [6.45, 7) is 2.11. The lowest BCUT2D eigenvalue weighted by Crippen LogP contribution is -2.07. The van der Waals surface area contributed by atoms with Crippen LogP contribution in [0.3, 0.4) is 0 Å². The summed E-state index contributed by atoms with van der Waals surface area (Å²) < 4.78 is 19.2. The average Bonchev–Trinajstić information content (AvgIpc) is 2.37. The largest absolute Gasteiger partial charge is 0.489 e. The highest BCUT2D eigenvalue weighted by atomic mass is 35.5. The number of benzene rings is 2. The summed E-state index contributed by atoms with van der Waals surface area (Å²) in [4.78, 5) is 0. The highest BCUT2D eigenvalue weighted by Gasteiger charge is 2.08. The second kappa shape index (κ2) is 6.04. The maximum atomic E-state index is 13.7. The number of hydrogen-bond donors (Lipinski definition) is 1. The molecular weight excluding hydrogens is 265 g/mol. The first-order valence-corrected chi connectivity index (χ1v) is 6.36. The molecule has 4 heteroatoms. The van der Waals surface area contributed by atoms with Crippen molar-refractivity contribution in [1.29, 1.82) is 0 Å². The second-order valence-corrected chi connectivity index (χ2v) is 4.82. The maximum Gasteiger partial charge on any atom is 0.131 e. The molecule has 0 amide bonds. The highest BCUT2D eigenvalue weighted by molar-refractivity contribution is 6.30.